The van der Waals surface area contributed by atoms with Crippen LogP contribution < -0.4 is 9.46 Å². The van der Waals surface area contributed by atoms with E-state index in [4.69, 9.17) is 9.84 Å². The molecule has 0 radical (unpaired) electrons. The average Bonchev–Trinajstić information content (AvgIpc) is 2.35. The van der Waals surface area contributed by atoms with E-state index in [-0.39, 0.29) is 17.0 Å². The SMILES string of the molecule is CCCCS(=O)(=O)Nc1cc(OC)ccc1C(=O)O. The molecule has 0 aliphatic carbocycles. The summed E-state index contributed by atoms with van der Waals surface area (Å²) in [5.41, 5.74) is -0.0937. The molecule has 0 unspecified atom stereocenters. The van der Waals surface area contributed by atoms with Crippen molar-refractivity contribution in [1.29, 1.82) is 0 Å². The van der Waals surface area contributed by atoms with Gasteiger partial charge in [0.05, 0.1) is 24.1 Å². The summed E-state index contributed by atoms with van der Waals surface area (Å²) >= 11 is 0. The van der Waals surface area contributed by atoms with Gasteiger partial charge in [-0.25, -0.2) is 13.2 Å². The summed E-state index contributed by atoms with van der Waals surface area (Å²) in [6, 6.07) is 4.12. The highest BCUT2D eigenvalue weighted by atomic mass is 32.2. The number of nitrogens with one attached hydrogen (secondary N) is 1. The molecule has 0 fully saturated rings. The minimum atomic E-state index is -3.55. The third-order valence-corrected chi connectivity index (χ3v) is 3.85. The van der Waals surface area contributed by atoms with Gasteiger partial charge in [-0.15, -0.1) is 0 Å². The van der Waals surface area contributed by atoms with Crippen molar-refractivity contribution in [2.24, 2.45) is 0 Å². The summed E-state index contributed by atoms with van der Waals surface area (Å²) in [6.07, 6.45) is 1.26. The number of aromatic carboxylic acids is 1. The molecule has 1 aromatic rings. The molecule has 0 saturated heterocycles. The summed E-state index contributed by atoms with van der Waals surface area (Å²) in [6.45, 7) is 1.88. The molecule has 0 heterocycles. The predicted molar refractivity (Wildman–Crippen MR) is 72.3 cm³/mol. The fourth-order valence-corrected chi connectivity index (χ4v) is 2.75. The number of sulfonamides is 1. The third kappa shape index (κ3) is 4.44. The van der Waals surface area contributed by atoms with Crippen LogP contribution in [0.2, 0.25) is 0 Å². The monoisotopic (exact) mass is 287 g/mol. The van der Waals surface area contributed by atoms with Gasteiger partial charge in [-0.2, -0.15) is 0 Å². The van der Waals surface area contributed by atoms with Crippen molar-refractivity contribution in [3.8, 4) is 5.75 Å². The van der Waals surface area contributed by atoms with Crippen LogP contribution in [0.5, 0.6) is 5.75 Å². The molecule has 0 amide bonds. The van der Waals surface area contributed by atoms with Gasteiger partial charge in [-0.3, -0.25) is 4.72 Å². The lowest BCUT2D eigenvalue weighted by atomic mass is 10.2. The normalized spacial score (nSPS) is 11.1. The van der Waals surface area contributed by atoms with Crippen molar-refractivity contribution in [2.45, 2.75) is 19.8 Å². The summed E-state index contributed by atoms with van der Waals surface area (Å²) < 4.78 is 30.8. The molecule has 6 nitrogen and oxygen atoms in total. The third-order valence-electron chi connectivity index (χ3n) is 2.49. The van der Waals surface area contributed by atoms with Crippen molar-refractivity contribution in [3.05, 3.63) is 23.8 Å². The average molecular weight is 287 g/mol. The molecule has 0 saturated carbocycles. The molecule has 0 spiro atoms. The van der Waals surface area contributed by atoms with Crippen molar-refractivity contribution in [2.75, 3.05) is 17.6 Å². The van der Waals surface area contributed by atoms with E-state index in [2.05, 4.69) is 4.72 Å². The number of ether oxygens (including phenoxy) is 1. The number of rotatable bonds is 7. The highest BCUT2D eigenvalue weighted by Gasteiger charge is 2.16. The van der Waals surface area contributed by atoms with Gasteiger partial charge in [0, 0.05) is 6.07 Å². The molecule has 1 aromatic carbocycles. The number of anilines is 1. The van der Waals surface area contributed by atoms with Gasteiger partial charge in [0.15, 0.2) is 0 Å². The summed E-state index contributed by atoms with van der Waals surface area (Å²) in [5, 5.41) is 9.03. The largest absolute Gasteiger partial charge is 0.497 e. The Morgan fingerprint density at radius 3 is 2.63 bits per heavy atom. The van der Waals surface area contributed by atoms with Crippen molar-refractivity contribution >= 4 is 21.7 Å². The summed E-state index contributed by atoms with van der Waals surface area (Å²) in [7, 11) is -2.12. The van der Waals surface area contributed by atoms with Gasteiger partial charge in [0.2, 0.25) is 10.0 Å². The van der Waals surface area contributed by atoms with Crippen molar-refractivity contribution < 1.29 is 23.1 Å². The topological polar surface area (TPSA) is 92.7 Å². The quantitative estimate of drug-likeness (QED) is 0.799. The van der Waals surface area contributed by atoms with E-state index >= 15 is 0 Å². The van der Waals surface area contributed by atoms with Gasteiger partial charge in [-0.1, -0.05) is 13.3 Å². The molecule has 0 bridgehead atoms. The molecular weight excluding hydrogens is 270 g/mol. The van der Waals surface area contributed by atoms with Crippen LogP contribution >= 0.6 is 0 Å². The number of benzene rings is 1. The second-order valence-corrected chi connectivity index (χ2v) is 5.83. The van der Waals surface area contributed by atoms with Gasteiger partial charge in [0.25, 0.3) is 0 Å². The minimum absolute atomic E-state index is 0.0166. The molecule has 2 N–H and O–H groups in total. The lowest BCUT2D eigenvalue weighted by Gasteiger charge is -2.11. The van der Waals surface area contributed by atoms with Crippen LogP contribution in [0, 0.1) is 0 Å². The Bertz CT molecular complexity index is 553. The summed E-state index contributed by atoms with van der Waals surface area (Å²) in [4.78, 5) is 11.0. The van der Waals surface area contributed by atoms with E-state index in [1.165, 1.54) is 25.3 Å². The highest BCUT2D eigenvalue weighted by molar-refractivity contribution is 7.92. The van der Waals surface area contributed by atoms with Crippen LogP contribution in [-0.2, 0) is 10.0 Å². The molecular formula is C12H17NO5S. The fraction of sp³-hybridized carbons (Fsp3) is 0.417. The lowest BCUT2D eigenvalue weighted by molar-refractivity contribution is 0.0698. The minimum Gasteiger partial charge on any atom is -0.497 e. The summed E-state index contributed by atoms with van der Waals surface area (Å²) in [5.74, 6) is -0.853. The van der Waals surface area contributed by atoms with Crippen LogP contribution in [0.4, 0.5) is 5.69 Å². The maximum atomic E-state index is 11.8. The van der Waals surface area contributed by atoms with Crippen LogP contribution in [-0.4, -0.2) is 32.4 Å². The maximum absolute atomic E-state index is 11.8. The standard InChI is InChI=1S/C12H17NO5S/c1-3-4-7-19(16,17)13-11-8-9(18-2)5-6-10(11)12(14)15/h5-6,8,13H,3-4,7H2,1-2H3,(H,14,15). The maximum Gasteiger partial charge on any atom is 0.337 e. The fourth-order valence-electron chi connectivity index (χ4n) is 1.47. The Balaban J connectivity index is 3.07. The number of hydrogen-bond acceptors (Lipinski definition) is 4. The molecule has 1 rings (SSSR count). The van der Waals surface area contributed by atoms with Gasteiger partial charge < -0.3 is 9.84 Å². The number of carboxylic acid groups (broad SMARTS) is 1. The molecule has 0 aromatic heterocycles. The van der Waals surface area contributed by atoms with E-state index in [0.717, 1.165) is 6.42 Å². The Morgan fingerprint density at radius 1 is 1.42 bits per heavy atom. The second-order valence-electron chi connectivity index (χ2n) is 3.99. The number of carbonyl (C=O) groups is 1. The first-order valence-corrected chi connectivity index (χ1v) is 7.46. The van der Waals surface area contributed by atoms with Gasteiger partial charge >= 0.3 is 5.97 Å². The number of carboxylic acids is 1. The Kier molecular flexibility index (Phi) is 5.17. The Morgan fingerprint density at radius 2 is 2.11 bits per heavy atom. The Labute approximate surface area is 112 Å². The molecule has 19 heavy (non-hydrogen) atoms. The first-order chi connectivity index (χ1) is 8.89. The van der Waals surface area contributed by atoms with Crippen LogP contribution in [0.3, 0.4) is 0 Å². The van der Waals surface area contributed by atoms with Gasteiger partial charge in [-0.05, 0) is 18.6 Å². The molecule has 0 aliphatic heterocycles. The predicted octanol–water partition coefficient (Wildman–Crippen LogP) is 1.94. The first kappa shape index (κ1) is 15.3. The smallest absolute Gasteiger partial charge is 0.337 e. The first-order valence-electron chi connectivity index (χ1n) is 5.81. The van der Waals surface area contributed by atoms with Crippen LogP contribution in [0.15, 0.2) is 18.2 Å². The zero-order valence-electron chi connectivity index (χ0n) is 10.8. The molecule has 0 atom stereocenters. The Hall–Kier alpha value is -1.76. The zero-order chi connectivity index (χ0) is 14.5. The van der Waals surface area contributed by atoms with Crippen LogP contribution in [0.1, 0.15) is 30.1 Å². The van der Waals surface area contributed by atoms with E-state index in [1.807, 2.05) is 6.92 Å². The molecule has 0 aliphatic rings. The zero-order valence-corrected chi connectivity index (χ0v) is 11.7. The van der Waals surface area contributed by atoms with Crippen LogP contribution in [0.25, 0.3) is 0 Å². The molecule has 7 heteroatoms. The molecule has 106 valence electrons. The highest BCUT2D eigenvalue weighted by Crippen LogP contribution is 2.23. The van der Waals surface area contributed by atoms with E-state index < -0.39 is 16.0 Å². The number of methoxy groups -OCH3 is 1. The van der Waals surface area contributed by atoms with Gasteiger partial charge in [0.1, 0.15) is 5.75 Å². The lowest BCUT2D eigenvalue weighted by Crippen LogP contribution is -2.18. The second kappa shape index (κ2) is 6.42. The number of unbranched alkanes of at least 4 members (excludes halogenated alkanes) is 1. The van der Waals surface area contributed by atoms with E-state index in [1.54, 1.807) is 0 Å². The van der Waals surface area contributed by atoms with Crippen molar-refractivity contribution in [3.63, 3.8) is 0 Å². The van der Waals surface area contributed by atoms with E-state index in [9.17, 15) is 13.2 Å². The van der Waals surface area contributed by atoms with E-state index in [0.29, 0.717) is 12.2 Å². The number of hydrogen-bond donors (Lipinski definition) is 2. The van der Waals surface area contributed by atoms with Crippen molar-refractivity contribution in [1.82, 2.24) is 0 Å².